The highest BCUT2D eigenvalue weighted by molar-refractivity contribution is 6.30. The number of amides is 2. The number of carboxylic acid groups (broad SMARTS) is 1. The maximum atomic E-state index is 14.1. The van der Waals surface area contributed by atoms with Crippen LogP contribution in [-0.2, 0) is 14.3 Å². The first-order valence-electron chi connectivity index (χ1n) is 13.3. The fraction of sp³-hybridized carbons (Fsp3) is 0.323. The summed E-state index contributed by atoms with van der Waals surface area (Å²) >= 11 is 6.43. The quantitative estimate of drug-likeness (QED) is 0.288. The van der Waals surface area contributed by atoms with Gasteiger partial charge < -0.3 is 34.6 Å². The Morgan fingerprint density at radius 3 is 2.49 bits per heavy atom. The summed E-state index contributed by atoms with van der Waals surface area (Å²) in [5, 5.41) is 22.2. The van der Waals surface area contributed by atoms with E-state index >= 15 is 0 Å². The Labute approximate surface area is 252 Å². The Morgan fingerprint density at radius 1 is 1.09 bits per heavy atom. The number of hydrogen-bond acceptors (Lipinski definition) is 7. The molecule has 0 fully saturated rings. The molecule has 0 saturated carbocycles. The molecular formula is C31H32ClFN2O8. The van der Waals surface area contributed by atoms with Crippen molar-refractivity contribution in [3.8, 4) is 11.5 Å². The van der Waals surface area contributed by atoms with Gasteiger partial charge in [0.1, 0.15) is 18.0 Å². The molecule has 3 aromatic rings. The first-order valence-corrected chi connectivity index (χ1v) is 13.7. The van der Waals surface area contributed by atoms with Crippen LogP contribution in [0.4, 0.5) is 15.8 Å². The van der Waals surface area contributed by atoms with Gasteiger partial charge in [-0.05, 0) is 42.5 Å². The number of carbonyl (C=O) groups excluding carboxylic acids is 2. The number of para-hydroxylation sites is 1. The third-order valence-corrected chi connectivity index (χ3v) is 7.22. The van der Waals surface area contributed by atoms with Gasteiger partial charge in [0.05, 0.1) is 26.2 Å². The summed E-state index contributed by atoms with van der Waals surface area (Å²) < 4.78 is 31.5. The lowest BCUT2D eigenvalue weighted by atomic mass is 9.92. The molecule has 0 saturated heterocycles. The third kappa shape index (κ3) is 6.90. The average molecular weight is 615 g/mol. The lowest BCUT2D eigenvalue weighted by Crippen LogP contribution is -2.46. The van der Waals surface area contributed by atoms with Crippen LogP contribution >= 0.6 is 11.6 Å². The fourth-order valence-corrected chi connectivity index (χ4v) is 5.03. The Kier molecular flexibility index (Phi) is 9.59. The van der Waals surface area contributed by atoms with E-state index in [9.17, 15) is 29.0 Å². The van der Waals surface area contributed by atoms with Crippen molar-refractivity contribution in [1.29, 1.82) is 0 Å². The normalized spacial score (nSPS) is 16.7. The molecule has 1 heterocycles. The zero-order valence-corrected chi connectivity index (χ0v) is 24.8. The highest BCUT2D eigenvalue weighted by atomic mass is 35.5. The van der Waals surface area contributed by atoms with Gasteiger partial charge in [0.15, 0.2) is 11.5 Å². The fourth-order valence-electron chi connectivity index (χ4n) is 4.85. The number of benzene rings is 3. The molecular weight excluding hydrogens is 583 g/mol. The number of carboxylic acids is 1. The van der Waals surface area contributed by atoms with Crippen molar-refractivity contribution < 1.29 is 43.2 Å². The van der Waals surface area contributed by atoms with Crippen molar-refractivity contribution >= 4 is 40.8 Å². The molecule has 2 amide bonds. The first kappa shape index (κ1) is 31.7. The molecule has 3 aromatic carbocycles. The summed E-state index contributed by atoms with van der Waals surface area (Å²) in [5.74, 6) is -2.90. The second kappa shape index (κ2) is 13.0. The predicted octanol–water partition coefficient (Wildman–Crippen LogP) is 5.06. The summed E-state index contributed by atoms with van der Waals surface area (Å²) in [6.07, 6.45) is -2.77. The molecule has 1 aliphatic rings. The lowest BCUT2D eigenvalue weighted by Gasteiger charge is -2.32. The number of aliphatic hydroxyl groups excluding tert-OH is 1. The van der Waals surface area contributed by atoms with Crippen molar-refractivity contribution in [3.05, 3.63) is 82.1 Å². The van der Waals surface area contributed by atoms with Crippen molar-refractivity contribution in [2.24, 2.45) is 5.41 Å². The standard InChI is InChI=1S/C31H32ClFN2O8/c1-31(2,16-36)15-35-23-11-8-17(32)12-21(23)27(19-6-5-7-24(41-3)28(19)42-4)43-25(29(35)38)14-26(37)34-18-9-10-22(33)20(13-18)30(39)40/h5-13,25,27,36H,14-16H2,1-4H3,(H,34,37)(H,39,40)/t25-,27-/m1/s1. The van der Waals surface area contributed by atoms with Crippen molar-refractivity contribution in [2.45, 2.75) is 32.5 Å². The summed E-state index contributed by atoms with van der Waals surface area (Å²) in [6.45, 7) is 3.44. The number of hydrogen-bond donors (Lipinski definition) is 3. The highest BCUT2D eigenvalue weighted by Gasteiger charge is 2.40. The maximum Gasteiger partial charge on any atom is 0.338 e. The Hall–Kier alpha value is -4.19. The summed E-state index contributed by atoms with van der Waals surface area (Å²) in [7, 11) is 2.96. The molecule has 0 aliphatic carbocycles. The zero-order chi connectivity index (χ0) is 31.5. The smallest absolute Gasteiger partial charge is 0.338 e. The van der Waals surface area contributed by atoms with Gasteiger partial charge in [0.2, 0.25) is 5.91 Å². The molecule has 3 N–H and O–H groups in total. The highest BCUT2D eigenvalue weighted by Crippen LogP contribution is 2.45. The number of carbonyl (C=O) groups is 3. The second-order valence-electron chi connectivity index (χ2n) is 10.8. The van der Waals surface area contributed by atoms with Gasteiger partial charge in [-0.25, -0.2) is 9.18 Å². The van der Waals surface area contributed by atoms with Crippen LogP contribution in [0.25, 0.3) is 0 Å². The van der Waals surface area contributed by atoms with E-state index in [0.717, 1.165) is 12.1 Å². The van der Waals surface area contributed by atoms with Gasteiger partial charge >= 0.3 is 5.97 Å². The number of aliphatic hydroxyl groups is 1. The van der Waals surface area contributed by atoms with Crippen LogP contribution in [-0.4, -0.2) is 61.5 Å². The summed E-state index contributed by atoms with van der Waals surface area (Å²) in [4.78, 5) is 40.2. The molecule has 2 atom stereocenters. The van der Waals surface area contributed by atoms with E-state index in [1.54, 1.807) is 50.2 Å². The van der Waals surface area contributed by atoms with Gasteiger partial charge in [0, 0.05) is 46.1 Å². The SMILES string of the molecule is COc1cccc([C@H]2O[C@H](CC(=O)Nc3ccc(F)c(C(=O)O)c3)C(=O)N(CC(C)(C)CO)c3ccc(Cl)cc32)c1OC. The van der Waals surface area contributed by atoms with Crippen LogP contribution in [0.5, 0.6) is 11.5 Å². The number of rotatable bonds is 10. The van der Waals surface area contributed by atoms with E-state index in [0.29, 0.717) is 33.3 Å². The Bertz CT molecular complexity index is 1550. The number of nitrogens with one attached hydrogen (secondary N) is 1. The van der Waals surface area contributed by atoms with E-state index < -0.39 is 53.2 Å². The van der Waals surface area contributed by atoms with Crippen molar-refractivity contribution in [2.75, 3.05) is 37.6 Å². The van der Waals surface area contributed by atoms with Crippen LogP contribution in [0.15, 0.2) is 54.6 Å². The monoisotopic (exact) mass is 614 g/mol. The molecule has 10 nitrogen and oxygen atoms in total. The molecule has 0 aromatic heterocycles. The van der Waals surface area contributed by atoms with E-state index in [2.05, 4.69) is 5.32 Å². The topological polar surface area (TPSA) is 135 Å². The van der Waals surface area contributed by atoms with E-state index in [1.165, 1.54) is 25.2 Å². The van der Waals surface area contributed by atoms with E-state index in [1.807, 2.05) is 0 Å². The lowest BCUT2D eigenvalue weighted by molar-refractivity contribution is -0.136. The molecule has 0 radical (unpaired) electrons. The average Bonchev–Trinajstić information content (AvgIpc) is 3.07. The minimum absolute atomic E-state index is 0.0317. The van der Waals surface area contributed by atoms with Crippen LogP contribution < -0.4 is 19.7 Å². The molecule has 0 bridgehead atoms. The number of nitrogens with zero attached hydrogens (tertiary/aromatic N) is 1. The maximum absolute atomic E-state index is 14.1. The van der Waals surface area contributed by atoms with Crippen LogP contribution in [0.3, 0.4) is 0 Å². The van der Waals surface area contributed by atoms with Gasteiger partial charge in [-0.3, -0.25) is 9.59 Å². The van der Waals surface area contributed by atoms with Gasteiger partial charge in [-0.2, -0.15) is 0 Å². The third-order valence-electron chi connectivity index (χ3n) is 6.99. The number of halogens is 2. The van der Waals surface area contributed by atoms with Crippen molar-refractivity contribution in [3.63, 3.8) is 0 Å². The van der Waals surface area contributed by atoms with Crippen LogP contribution in [0.2, 0.25) is 5.02 Å². The molecule has 12 heteroatoms. The predicted molar refractivity (Wildman–Crippen MR) is 158 cm³/mol. The Balaban J connectivity index is 1.80. The second-order valence-corrected chi connectivity index (χ2v) is 11.2. The molecule has 228 valence electrons. The van der Waals surface area contributed by atoms with E-state index in [4.69, 9.17) is 25.8 Å². The Morgan fingerprint density at radius 2 is 1.84 bits per heavy atom. The molecule has 0 spiro atoms. The number of aromatic carboxylic acids is 1. The largest absolute Gasteiger partial charge is 0.493 e. The van der Waals surface area contributed by atoms with Gasteiger partial charge in [-0.1, -0.05) is 37.6 Å². The molecule has 0 unspecified atom stereocenters. The van der Waals surface area contributed by atoms with Crippen molar-refractivity contribution in [1.82, 2.24) is 0 Å². The minimum Gasteiger partial charge on any atom is -0.493 e. The minimum atomic E-state index is -1.50. The molecule has 43 heavy (non-hydrogen) atoms. The molecule has 4 rings (SSSR count). The van der Waals surface area contributed by atoms with Gasteiger partial charge in [0.25, 0.3) is 5.91 Å². The zero-order valence-electron chi connectivity index (χ0n) is 24.0. The number of ether oxygens (including phenoxy) is 3. The number of methoxy groups -OCH3 is 2. The van der Waals surface area contributed by atoms with Crippen LogP contribution in [0.1, 0.15) is 47.9 Å². The van der Waals surface area contributed by atoms with Crippen LogP contribution in [0, 0.1) is 11.2 Å². The number of anilines is 2. The first-order chi connectivity index (χ1) is 20.4. The van der Waals surface area contributed by atoms with E-state index in [-0.39, 0.29) is 18.8 Å². The summed E-state index contributed by atoms with van der Waals surface area (Å²) in [6, 6.07) is 13.3. The molecule has 1 aliphatic heterocycles. The summed E-state index contributed by atoms with van der Waals surface area (Å²) in [5.41, 5.74) is 0.191. The van der Waals surface area contributed by atoms with Gasteiger partial charge in [-0.15, -0.1) is 0 Å². The number of fused-ring (bicyclic) bond motifs is 1.